The summed E-state index contributed by atoms with van der Waals surface area (Å²) < 4.78 is 29.9. The van der Waals surface area contributed by atoms with Crippen LogP contribution in [0.4, 0.5) is 4.39 Å². The Morgan fingerprint density at radius 2 is 1.95 bits per heavy atom. The lowest BCUT2D eigenvalue weighted by Crippen LogP contribution is -2.23. The zero-order valence-corrected chi connectivity index (χ0v) is 22.7. The van der Waals surface area contributed by atoms with Gasteiger partial charge in [0, 0.05) is 57.5 Å². The zero-order chi connectivity index (χ0) is 26.5. The van der Waals surface area contributed by atoms with Crippen LogP contribution in [0.1, 0.15) is 48.2 Å². The summed E-state index contributed by atoms with van der Waals surface area (Å²) in [6.45, 7) is 10.5. The molecule has 0 aliphatic carbocycles. The van der Waals surface area contributed by atoms with Crippen LogP contribution in [0.15, 0.2) is 53.7 Å². The minimum Gasteiger partial charge on any atom is -0.339 e. The lowest BCUT2D eigenvalue weighted by Gasteiger charge is -2.27. The number of rotatable bonds is 6. The summed E-state index contributed by atoms with van der Waals surface area (Å²) >= 11 is 0. The lowest BCUT2D eigenvalue weighted by atomic mass is 9.82. The summed E-state index contributed by atoms with van der Waals surface area (Å²) in [6.07, 6.45) is 3.97. The fourth-order valence-electron chi connectivity index (χ4n) is 5.46. The molecule has 2 aromatic heterocycles. The minimum absolute atomic E-state index is 0.263. The quantitative estimate of drug-likeness (QED) is 0.274. The van der Waals surface area contributed by atoms with Gasteiger partial charge in [0.05, 0.1) is 19.2 Å². The van der Waals surface area contributed by atoms with Gasteiger partial charge in [-0.25, -0.2) is 4.39 Å². The van der Waals surface area contributed by atoms with Gasteiger partial charge in [-0.2, -0.15) is 5.26 Å². The SMILES string of the molecule is Cc1cc(-c2c(C(C)(C)CC#N)n(Cc3ccccc3F)c3cc4c(cc23)CN=C4)cnc1P(C)(C)=O. The summed E-state index contributed by atoms with van der Waals surface area (Å²) in [6, 6.07) is 15.5. The van der Waals surface area contributed by atoms with Crippen LogP contribution in [0, 0.1) is 24.1 Å². The van der Waals surface area contributed by atoms with Crippen molar-refractivity contribution >= 4 is 29.7 Å². The fourth-order valence-corrected chi connectivity index (χ4v) is 6.71. The van der Waals surface area contributed by atoms with E-state index in [0.29, 0.717) is 30.5 Å². The molecule has 188 valence electrons. The first-order chi connectivity index (χ1) is 17.5. The fraction of sp³-hybridized carbons (Fsp3) is 0.300. The molecule has 0 atom stereocenters. The highest BCUT2D eigenvalue weighted by Gasteiger charge is 2.32. The van der Waals surface area contributed by atoms with Crippen molar-refractivity contribution in [2.45, 2.75) is 45.7 Å². The molecule has 0 amide bonds. The Bertz CT molecular complexity index is 1670. The number of aryl methyl sites for hydroxylation is 1. The molecule has 7 heteroatoms. The predicted octanol–water partition coefficient (Wildman–Crippen LogP) is 6.57. The molecule has 0 spiro atoms. The van der Waals surface area contributed by atoms with Crippen molar-refractivity contribution in [2.24, 2.45) is 4.99 Å². The van der Waals surface area contributed by atoms with Gasteiger partial charge in [0.25, 0.3) is 0 Å². The summed E-state index contributed by atoms with van der Waals surface area (Å²) in [4.78, 5) is 9.12. The predicted molar refractivity (Wildman–Crippen MR) is 149 cm³/mol. The van der Waals surface area contributed by atoms with Crippen molar-refractivity contribution in [3.8, 4) is 17.2 Å². The van der Waals surface area contributed by atoms with E-state index < -0.39 is 12.6 Å². The van der Waals surface area contributed by atoms with Crippen molar-refractivity contribution in [3.05, 3.63) is 82.4 Å². The molecule has 0 bridgehead atoms. The molecule has 2 aromatic carbocycles. The highest BCUT2D eigenvalue weighted by molar-refractivity contribution is 7.70. The van der Waals surface area contributed by atoms with Crippen LogP contribution >= 0.6 is 7.14 Å². The standard InChI is InChI=1S/C30H30FN4OP/c1-19-12-23(17-34-29(19)37(4,5)36)27-24-13-21-15-33-16-22(21)14-26(24)35(28(27)30(2,3)10-11-32)18-20-8-6-7-9-25(20)31/h6-9,12-14,16-17H,10,15,18H2,1-5H3. The van der Waals surface area contributed by atoms with Crippen molar-refractivity contribution in [3.63, 3.8) is 0 Å². The molecule has 3 heterocycles. The number of hydrogen-bond acceptors (Lipinski definition) is 4. The Morgan fingerprint density at radius 1 is 1.19 bits per heavy atom. The van der Waals surface area contributed by atoms with Gasteiger partial charge in [-0.15, -0.1) is 0 Å². The second-order valence-corrected chi connectivity index (χ2v) is 14.0. The van der Waals surface area contributed by atoms with Crippen molar-refractivity contribution in [1.82, 2.24) is 9.55 Å². The van der Waals surface area contributed by atoms with Gasteiger partial charge < -0.3 is 9.13 Å². The molecule has 4 aromatic rings. The molecule has 0 saturated carbocycles. The molecule has 0 unspecified atom stereocenters. The molecule has 1 aliphatic heterocycles. The number of aromatic nitrogens is 2. The number of benzene rings is 2. The summed E-state index contributed by atoms with van der Waals surface area (Å²) in [5.74, 6) is -0.263. The minimum atomic E-state index is -2.54. The van der Waals surface area contributed by atoms with E-state index in [1.165, 1.54) is 6.07 Å². The second-order valence-electron chi connectivity index (χ2n) is 10.9. The third kappa shape index (κ3) is 4.43. The highest BCUT2D eigenvalue weighted by Crippen LogP contribution is 2.45. The van der Waals surface area contributed by atoms with Gasteiger partial charge in [-0.3, -0.25) is 9.98 Å². The van der Waals surface area contributed by atoms with Crippen LogP contribution in [0.25, 0.3) is 22.0 Å². The molecule has 0 N–H and O–H groups in total. The van der Waals surface area contributed by atoms with E-state index in [1.807, 2.05) is 25.3 Å². The van der Waals surface area contributed by atoms with Crippen molar-refractivity contribution in [1.29, 1.82) is 5.26 Å². The van der Waals surface area contributed by atoms with Gasteiger partial charge >= 0.3 is 0 Å². The molecule has 5 rings (SSSR count). The highest BCUT2D eigenvalue weighted by atomic mass is 31.2. The topological polar surface area (TPSA) is 71.0 Å². The maximum atomic E-state index is 14.9. The Balaban J connectivity index is 1.88. The summed E-state index contributed by atoms with van der Waals surface area (Å²) in [7, 11) is -2.54. The average molecular weight is 513 g/mol. The zero-order valence-electron chi connectivity index (χ0n) is 21.8. The van der Waals surface area contributed by atoms with E-state index in [-0.39, 0.29) is 5.82 Å². The van der Waals surface area contributed by atoms with E-state index in [9.17, 15) is 14.2 Å². The Kier molecular flexibility index (Phi) is 6.16. The number of hydrogen-bond donors (Lipinski definition) is 0. The molecular weight excluding hydrogens is 482 g/mol. The Morgan fingerprint density at radius 3 is 2.62 bits per heavy atom. The summed E-state index contributed by atoms with van der Waals surface area (Å²) in [5.41, 5.74) is 7.52. The third-order valence-electron chi connectivity index (χ3n) is 7.11. The average Bonchev–Trinajstić information content (AvgIpc) is 3.40. The van der Waals surface area contributed by atoms with Gasteiger partial charge in [-0.1, -0.05) is 32.0 Å². The maximum absolute atomic E-state index is 14.9. The van der Waals surface area contributed by atoms with E-state index >= 15 is 0 Å². The van der Waals surface area contributed by atoms with E-state index in [1.54, 1.807) is 31.7 Å². The van der Waals surface area contributed by atoms with Crippen LogP contribution in [0.5, 0.6) is 0 Å². The third-order valence-corrected chi connectivity index (χ3v) is 8.60. The van der Waals surface area contributed by atoms with Crippen LogP contribution in [-0.2, 0) is 23.1 Å². The summed E-state index contributed by atoms with van der Waals surface area (Å²) in [5, 5.41) is 10.8. The molecule has 0 saturated heterocycles. The van der Waals surface area contributed by atoms with Crippen LogP contribution in [-0.4, -0.2) is 29.1 Å². The lowest BCUT2D eigenvalue weighted by molar-refractivity contribution is 0.494. The smallest absolute Gasteiger partial charge is 0.128 e. The molecule has 0 fully saturated rings. The number of pyridine rings is 1. The first kappa shape index (κ1) is 25.1. The molecule has 5 nitrogen and oxygen atoms in total. The molecular formula is C30H30FN4OP. The van der Waals surface area contributed by atoms with Gasteiger partial charge in [0.2, 0.25) is 0 Å². The normalized spacial score (nSPS) is 13.2. The number of fused-ring (bicyclic) bond motifs is 2. The Labute approximate surface area is 217 Å². The second kappa shape index (κ2) is 9.08. The maximum Gasteiger partial charge on any atom is 0.128 e. The van der Waals surface area contributed by atoms with Crippen molar-refractivity contribution < 1.29 is 8.96 Å². The van der Waals surface area contributed by atoms with Gasteiger partial charge in [0.15, 0.2) is 0 Å². The van der Waals surface area contributed by atoms with Crippen molar-refractivity contribution in [2.75, 3.05) is 13.3 Å². The van der Waals surface area contributed by atoms with Crippen LogP contribution in [0.2, 0.25) is 0 Å². The van der Waals surface area contributed by atoms with Gasteiger partial charge in [-0.05, 0) is 61.2 Å². The molecule has 1 aliphatic rings. The molecule has 37 heavy (non-hydrogen) atoms. The number of halogens is 1. The van der Waals surface area contributed by atoms with Crippen LogP contribution in [0.3, 0.4) is 0 Å². The largest absolute Gasteiger partial charge is 0.339 e. The number of aliphatic imine (C=N–C) groups is 1. The molecule has 0 radical (unpaired) electrons. The number of nitriles is 1. The monoisotopic (exact) mass is 512 g/mol. The van der Waals surface area contributed by atoms with Gasteiger partial charge in [0.1, 0.15) is 18.4 Å². The van der Waals surface area contributed by atoms with E-state index in [2.05, 4.69) is 46.6 Å². The van der Waals surface area contributed by atoms with E-state index in [0.717, 1.165) is 44.4 Å². The van der Waals surface area contributed by atoms with Crippen LogP contribution < -0.4 is 5.44 Å². The first-order valence-electron chi connectivity index (χ1n) is 12.3. The van der Waals surface area contributed by atoms with E-state index in [4.69, 9.17) is 0 Å². The first-order valence-corrected chi connectivity index (χ1v) is 14.9. The Hall–Kier alpha value is -3.55. The number of nitrogens with zero attached hydrogens (tertiary/aromatic N) is 4.